The lowest BCUT2D eigenvalue weighted by Gasteiger charge is -2.30. The summed E-state index contributed by atoms with van der Waals surface area (Å²) in [7, 11) is 0. The van der Waals surface area contributed by atoms with Gasteiger partial charge in [-0.3, -0.25) is 0 Å². The molecule has 0 fully saturated rings. The molecule has 2 heteroatoms. The highest BCUT2D eigenvalue weighted by Gasteiger charge is 2.30. The first-order chi connectivity index (χ1) is 7.71. The largest absolute Gasteiger partial charge is 0.493 e. The summed E-state index contributed by atoms with van der Waals surface area (Å²) in [5.74, 6) is 0.931. The number of aryl methyl sites for hydroxylation is 1. The Labute approximate surface area is 97.3 Å². The normalized spacial score (nSPS) is 15.4. The Kier molecular flexibility index (Phi) is 3.20. The SMILES string of the molecule is CCC(O)(CC)c1cccc2c1OCCC2. The lowest BCUT2D eigenvalue weighted by Crippen LogP contribution is -2.26. The van der Waals surface area contributed by atoms with Crippen molar-refractivity contribution in [3.8, 4) is 5.75 Å². The quantitative estimate of drug-likeness (QED) is 0.848. The highest BCUT2D eigenvalue weighted by molar-refractivity contribution is 5.45. The van der Waals surface area contributed by atoms with Gasteiger partial charge in [-0.25, -0.2) is 0 Å². The lowest BCUT2D eigenvalue weighted by molar-refractivity contribution is 0.0249. The van der Waals surface area contributed by atoms with Crippen molar-refractivity contribution in [2.24, 2.45) is 0 Å². The van der Waals surface area contributed by atoms with Crippen molar-refractivity contribution in [1.29, 1.82) is 0 Å². The maximum Gasteiger partial charge on any atom is 0.128 e. The van der Waals surface area contributed by atoms with Crippen molar-refractivity contribution in [3.05, 3.63) is 29.3 Å². The number of hydrogen-bond donors (Lipinski definition) is 1. The Bertz CT molecular complexity index is 367. The molecule has 0 bridgehead atoms. The zero-order chi connectivity index (χ0) is 11.6. The number of ether oxygens (including phenoxy) is 1. The van der Waals surface area contributed by atoms with Gasteiger partial charge in [0.2, 0.25) is 0 Å². The third-order valence-corrected chi connectivity index (χ3v) is 3.60. The maximum absolute atomic E-state index is 10.6. The average molecular weight is 220 g/mol. The van der Waals surface area contributed by atoms with Crippen molar-refractivity contribution in [2.45, 2.75) is 45.1 Å². The van der Waals surface area contributed by atoms with Crippen LogP contribution in [0.15, 0.2) is 18.2 Å². The molecule has 1 aliphatic rings. The minimum absolute atomic E-state index is 0.726. The van der Waals surface area contributed by atoms with Crippen molar-refractivity contribution >= 4 is 0 Å². The van der Waals surface area contributed by atoms with Gasteiger partial charge in [0.15, 0.2) is 0 Å². The van der Waals surface area contributed by atoms with E-state index in [4.69, 9.17) is 4.74 Å². The highest BCUT2D eigenvalue weighted by atomic mass is 16.5. The molecule has 1 aliphatic heterocycles. The predicted molar refractivity (Wildman–Crippen MR) is 64.7 cm³/mol. The van der Waals surface area contributed by atoms with Crippen LogP contribution in [0.2, 0.25) is 0 Å². The molecular formula is C14H20O2. The zero-order valence-corrected chi connectivity index (χ0v) is 10.1. The van der Waals surface area contributed by atoms with Crippen LogP contribution < -0.4 is 4.74 Å². The molecule has 2 rings (SSSR count). The second-order valence-electron chi connectivity index (χ2n) is 4.48. The second-order valence-corrected chi connectivity index (χ2v) is 4.48. The minimum Gasteiger partial charge on any atom is -0.493 e. The zero-order valence-electron chi connectivity index (χ0n) is 10.1. The third-order valence-electron chi connectivity index (χ3n) is 3.60. The van der Waals surface area contributed by atoms with Gasteiger partial charge in [0.1, 0.15) is 5.75 Å². The van der Waals surface area contributed by atoms with Gasteiger partial charge in [0.25, 0.3) is 0 Å². The number of fused-ring (bicyclic) bond motifs is 1. The fourth-order valence-electron chi connectivity index (χ4n) is 2.39. The number of aliphatic hydroxyl groups is 1. The molecule has 0 spiro atoms. The standard InChI is InChI=1S/C14H20O2/c1-3-14(15,4-2)12-9-5-7-11-8-6-10-16-13(11)12/h5,7,9,15H,3-4,6,8,10H2,1-2H3. The molecule has 0 atom stereocenters. The Morgan fingerprint density at radius 1 is 1.31 bits per heavy atom. The van der Waals surface area contributed by atoms with Gasteiger partial charge < -0.3 is 9.84 Å². The number of rotatable bonds is 3. The van der Waals surface area contributed by atoms with E-state index in [1.54, 1.807) is 0 Å². The molecule has 1 aromatic carbocycles. The number of hydrogen-bond acceptors (Lipinski definition) is 2. The van der Waals surface area contributed by atoms with E-state index in [2.05, 4.69) is 6.07 Å². The summed E-state index contributed by atoms with van der Waals surface area (Å²) in [6.07, 6.45) is 3.59. The van der Waals surface area contributed by atoms with E-state index in [0.29, 0.717) is 0 Å². The van der Waals surface area contributed by atoms with Gasteiger partial charge in [0.05, 0.1) is 12.2 Å². The third kappa shape index (κ3) is 1.82. The smallest absolute Gasteiger partial charge is 0.128 e. The summed E-state index contributed by atoms with van der Waals surface area (Å²) in [5, 5.41) is 10.6. The molecular weight excluding hydrogens is 200 g/mol. The average Bonchev–Trinajstić information content (AvgIpc) is 2.37. The summed E-state index contributed by atoms with van der Waals surface area (Å²) in [5.41, 5.74) is 1.47. The summed E-state index contributed by atoms with van der Waals surface area (Å²) in [6.45, 7) is 4.81. The molecule has 16 heavy (non-hydrogen) atoms. The van der Waals surface area contributed by atoms with Crippen LogP contribution >= 0.6 is 0 Å². The van der Waals surface area contributed by atoms with E-state index < -0.39 is 5.60 Å². The number of para-hydroxylation sites is 1. The first kappa shape index (κ1) is 11.5. The molecule has 0 aliphatic carbocycles. The van der Waals surface area contributed by atoms with Gasteiger partial charge in [0, 0.05) is 5.56 Å². The van der Waals surface area contributed by atoms with E-state index in [0.717, 1.165) is 43.6 Å². The molecule has 0 amide bonds. The molecule has 2 nitrogen and oxygen atoms in total. The molecule has 1 heterocycles. The van der Waals surface area contributed by atoms with Gasteiger partial charge in [-0.05, 0) is 31.2 Å². The van der Waals surface area contributed by atoms with Crippen LogP contribution in [0.4, 0.5) is 0 Å². The van der Waals surface area contributed by atoms with Crippen LogP contribution in [0, 0.1) is 0 Å². The second kappa shape index (κ2) is 4.46. The van der Waals surface area contributed by atoms with Crippen molar-refractivity contribution < 1.29 is 9.84 Å². The van der Waals surface area contributed by atoms with Crippen LogP contribution in [0.25, 0.3) is 0 Å². The molecule has 88 valence electrons. The summed E-state index contributed by atoms with van der Waals surface area (Å²) in [4.78, 5) is 0. The van der Waals surface area contributed by atoms with Crippen molar-refractivity contribution in [3.63, 3.8) is 0 Å². The first-order valence-corrected chi connectivity index (χ1v) is 6.19. The lowest BCUT2D eigenvalue weighted by atomic mass is 9.86. The van der Waals surface area contributed by atoms with E-state index in [1.165, 1.54) is 5.56 Å². The Hall–Kier alpha value is -1.02. The summed E-state index contributed by atoms with van der Waals surface area (Å²) < 4.78 is 5.74. The van der Waals surface area contributed by atoms with Gasteiger partial charge in [-0.2, -0.15) is 0 Å². The van der Waals surface area contributed by atoms with Crippen LogP contribution in [-0.4, -0.2) is 11.7 Å². The highest BCUT2D eigenvalue weighted by Crippen LogP contribution is 2.39. The molecule has 0 saturated carbocycles. The molecule has 0 unspecified atom stereocenters. The Morgan fingerprint density at radius 2 is 2.06 bits per heavy atom. The van der Waals surface area contributed by atoms with E-state index >= 15 is 0 Å². The van der Waals surface area contributed by atoms with Crippen LogP contribution in [-0.2, 0) is 12.0 Å². The van der Waals surface area contributed by atoms with Crippen LogP contribution in [0.1, 0.15) is 44.2 Å². The van der Waals surface area contributed by atoms with E-state index in [-0.39, 0.29) is 0 Å². The van der Waals surface area contributed by atoms with Gasteiger partial charge in [-0.15, -0.1) is 0 Å². The van der Waals surface area contributed by atoms with Gasteiger partial charge in [-0.1, -0.05) is 32.0 Å². The minimum atomic E-state index is -0.733. The molecule has 1 aromatic rings. The van der Waals surface area contributed by atoms with Crippen molar-refractivity contribution in [2.75, 3.05) is 6.61 Å². The Balaban J connectivity index is 2.48. The van der Waals surface area contributed by atoms with Crippen LogP contribution in [0.3, 0.4) is 0 Å². The molecule has 1 N–H and O–H groups in total. The molecule has 0 saturated heterocycles. The van der Waals surface area contributed by atoms with Crippen molar-refractivity contribution in [1.82, 2.24) is 0 Å². The number of benzene rings is 1. The maximum atomic E-state index is 10.6. The topological polar surface area (TPSA) is 29.5 Å². The molecule has 0 radical (unpaired) electrons. The monoisotopic (exact) mass is 220 g/mol. The van der Waals surface area contributed by atoms with Gasteiger partial charge >= 0.3 is 0 Å². The van der Waals surface area contributed by atoms with E-state index in [1.807, 2.05) is 26.0 Å². The predicted octanol–water partition coefficient (Wildman–Crippen LogP) is 3.02. The fraction of sp³-hybridized carbons (Fsp3) is 0.571. The first-order valence-electron chi connectivity index (χ1n) is 6.19. The van der Waals surface area contributed by atoms with E-state index in [9.17, 15) is 5.11 Å². The van der Waals surface area contributed by atoms with Crippen LogP contribution in [0.5, 0.6) is 5.75 Å². The Morgan fingerprint density at radius 3 is 2.75 bits per heavy atom. The fourth-order valence-corrected chi connectivity index (χ4v) is 2.39. The summed E-state index contributed by atoms with van der Waals surface area (Å²) in [6, 6.07) is 6.13. The molecule has 0 aromatic heterocycles. The summed E-state index contributed by atoms with van der Waals surface area (Å²) >= 11 is 0.